The summed E-state index contributed by atoms with van der Waals surface area (Å²) in [5.74, 6) is 0.765. The van der Waals surface area contributed by atoms with Crippen LogP contribution in [0.4, 0.5) is 0 Å². The maximum absolute atomic E-state index is 11.9. The van der Waals surface area contributed by atoms with Gasteiger partial charge in [-0.3, -0.25) is 4.79 Å². The van der Waals surface area contributed by atoms with Gasteiger partial charge < -0.3 is 15.0 Å². The van der Waals surface area contributed by atoms with E-state index in [2.05, 4.69) is 5.32 Å². The number of amides is 1. The number of ether oxygens (including phenoxy) is 1. The number of carbonyl (C=O) groups excluding carboxylic acids is 1. The van der Waals surface area contributed by atoms with Gasteiger partial charge in [0.25, 0.3) is 5.91 Å². The molecule has 0 saturated carbocycles. The van der Waals surface area contributed by atoms with Gasteiger partial charge in [-0.1, -0.05) is 18.2 Å². The second-order valence-electron chi connectivity index (χ2n) is 4.25. The van der Waals surface area contributed by atoms with Gasteiger partial charge in [-0.15, -0.1) is 0 Å². The van der Waals surface area contributed by atoms with Crippen LogP contribution in [0.25, 0.3) is 0 Å². The molecule has 1 aromatic rings. The third-order valence-electron chi connectivity index (χ3n) is 3.08. The van der Waals surface area contributed by atoms with Crippen LogP contribution in [-0.4, -0.2) is 43.6 Å². The Bertz CT molecular complexity index is 361. The minimum absolute atomic E-state index is 0.0301. The number of carbonyl (C=O) groups is 1. The molecule has 4 heteroatoms. The lowest BCUT2D eigenvalue weighted by atomic mass is 10.2. The van der Waals surface area contributed by atoms with E-state index in [1.807, 2.05) is 37.4 Å². The first kappa shape index (κ1) is 11.9. The molecule has 0 bridgehead atoms. The average Bonchev–Trinajstić information content (AvgIpc) is 2.90. The van der Waals surface area contributed by atoms with Gasteiger partial charge in [0.15, 0.2) is 6.61 Å². The lowest BCUT2D eigenvalue weighted by Gasteiger charge is -2.23. The van der Waals surface area contributed by atoms with Crippen LogP contribution in [0.5, 0.6) is 5.75 Å². The largest absolute Gasteiger partial charge is 0.484 e. The molecule has 0 aliphatic carbocycles. The molecule has 1 unspecified atom stereocenters. The molecule has 1 amide bonds. The van der Waals surface area contributed by atoms with Crippen molar-refractivity contribution in [1.29, 1.82) is 0 Å². The zero-order valence-corrected chi connectivity index (χ0v) is 10.1. The summed E-state index contributed by atoms with van der Waals surface area (Å²) < 4.78 is 5.44. The van der Waals surface area contributed by atoms with Crippen LogP contribution in [0.3, 0.4) is 0 Å². The van der Waals surface area contributed by atoms with Crippen molar-refractivity contribution in [3.05, 3.63) is 30.3 Å². The first-order chi connectivity index (χ1) is 8.27. The Morgan fingerprint density at radius 1 is 1.47 bits per heavy atom. The molecule has 1 aliphatic heterocycles. The van der Waals surface area contributed by atoms with E-state index in [4.69, 9.17) is 4.74 Å². The molecule has 1 N–H and O–H groups in total. The molecule has 1 heterocycles. The van der Waals surface area contributed by atoms with Gasteiger partial charge in [-0.05, 0) is 25.1 Å². The van der Waals surface area contributed by atoms with E-state index in [-0.39, 0.29) is 12.5 Å². The first-order valence-electron chi connectivity index (χ1n) is 5.91. The highest BCUT2D eigenvalue weighted by atomic mass is 16.5. The Hall–Kier alpha value is -1.55. The number of likely N-dealkylation sites (N-methyl/N-ethyl adjacent to an activating group) is 1. The van der Waals surface area contributed by atoms with E-state index < -0.39 is 0 Å². The van der Waals surface area contributed by atoms with Crippen molar-refractivity contribution in [2.24, 2.45) is 0 Å². The van der Waals surface area contributed by atoms with E-state index in [0.29, 0.717) is 6.04 Å². The van der Waals surface area contributed by atoms with Gasteiger partial charge >= 0.3 is 0 Å². The second-order valence-corrected chi connectivity index (χ2v) is 4.25. The number of nitrogens with one attached hydrogen (secondary N) is 1. The van der Waals surface area contributed by atoms with Gasteiger partial charge in [0, 0.05) is 19.6 Å². The van der Waals surface area contributed by atoms with Crippen LogP contribution >= 0.6 is 0 Å². The molecular formula is C13H18N2O2. The van der Waals surface area contributed by atoms with Crippen LogP contribution in [0.1, 0.15) is 6.42 Å². The van der Waals surface area contributed by atoms with Crippen molar-refractivity contribution in [3.63, 3.8) is 0 Å². The number of hydrogen-bond acceptors (Lipinski definition) is 3. The van der Waals surface area contributed by atoms with Crippen molar-refractivity contribution in [2.45, 2.75) is 12.5 Å². The molecule has 4 nitrogen and oxygen atoms in total. The second kappa shape index (κ2) is 5.68. The van der Waals surface area contributed by atoms with Crippen LogP contribution in [0.15, 0.2) is 30.3 Å². The van der Waals surface area contributed by atoms with E-state index in [9.17, 15) is 4.79 Å². The van der Waals surface area contributed by atoms with Crippen molar-refractivity contribution in [1.82, 2.24) is 10.2 Å². The van der Waals surface area contributed by atoms with Crippen molar-refractivity contribution >= 4 is 5.91 Å². The standard InChI is InChI=1S/C13H18N2O2/c1-15(11-7-8-14-9-11)13(16)10-17-12-5-3-2-4-6-12/h2-6,11,14H,7-10H2,1H3. The Morgan fingerprint density at radius 2 is 2.24 bits per heavy atom. The van der Waals surface area contributed by atoms with Crippen LogP contribution < -0.4 is 10.1 Å². The summed E-state index contributed by atoms with van der Waals surface area (Å²) in [6.07, 6.45) is 1.02. The van der Waals surface area contributed by atoms with Gasteiger partial charge in [0.2, 0.25) is 0 Å². The number of rotatable bonds is 4. The highest BCUT2D eigenvalue weighted by Gasteiger charge is 2.23. The normalized spacial score (nSPS) is 19.0. The van der Waals surface area contributed by atoms with Gasteiger partial charge in [-0.2, -0.15) is 0 Å². The predicted molar refractivity (Wildman–Crippen MR) is 66.0 cm³/mol. The Kier molecular flexibility index (Phi) is 3.98. The Morgan fingerprint density at radius 3 is 2.88 bits per heavy atom. The van der Waals surface area contributed by atoms with E-state index in [1.54, 1.807) is 4.90 Å². The molecular weight excluding hydrogens is 216 g/mol. The molecule has 2 rings (SSSR count). The molecule has 1 atom stereocenters. The molecule has 0 radical (unpaired) electrons. The zero-order chi connectivity index (χ0) is 12.1. The van der Waals surface area contributed by atoms with E-state index in [1.165, 1.54) is 0 Å². The molecule has 1 saturated heterocycles. The van der Waals surface area contributed by atoms with Crippen LogP contribution in [0, 0.1) is 0 Å². The topological polar surface area (TPSA) is 41.6 Å². The molecule has 0 aromatic heterocycles. The van der Waals surface area contributed by atoms with Gasteiger partial charge in [-0.25, -0.2) is 0 Å². The van der Waals surface area contributed by atoms with Gasteiger partial charge in [0.1, 0.15) is 5.75 Å². The summed E-state index contributed by atoms with van der Waals surface area (Å²) in [5, 5.41) is 3.25. The first-order valence-corrected chi connectivity index (χ1v) is 5.91. The lowest BCUT2D eigenvalue weighted by molar-refractivity contribution is -0.133. The highest BCUT2D eigenvalue weighted by molar-refractivity contribution is 5.77. The maximum Gasteiger partial charge on any atom is 0.260 e. The van der Waals surface area contributed by atoms with Gasteiger partial charge in [0.05, 0.1) is 0 Å². The monoisotopic (exact) mass is 234 g/mol. The summed E-state index contributed by atoms with van der Waals surface area (Å²) >= 11 is 0. The highest BCUT2D eigenvalue weighted by Crippen LogP contribution is 2.10. The number of hydrogen-bond donors (Lipinski definition) is 1. The van der Waals surface area contributed by atoms with Crippen LogP contribution in [0.2, 0.25) is 0 Å². The minimum Gasteiger partial charge on any atom is -0.484 e. The van der Waals surface area contributed by atoms with E-state index >= 15 is 0 Å². The third-order valence-corrected chi connectivity index (χ3v) is 3.08. The molecule has 1 aromatic carbocycles. The molecule has 0 spiro atoms. The fourth-order valence-corrected chi connectivity index (χ4v) is 1.94. The lowest BCUT2D eigenvalue weighted by Crippen LogP contribution is -2.40. The summed E-state index contributed by atoms with van der Waals surface area (Å²) in [5.41, 5.74) is 0. The molecule has 17 heavy (non-hydrogen) atoms. The fourth-order valence-electron chi connectivity index (χ4n) is 1.94. The summed E-state index contributed by atoms with van der Waals surface area (Å²) in [4.78, 5) is 13.7. The minimum atomic E-state index is 0.0301. The molecule has 1 aliphatic rings. The number of benzene rings is 1. The average molecular weight is 234 g/mol. The van der Waals surface area contributed by atoms with Crippen molar-refractivity contribution in [3.8, 4) is 5.75 Å². The van der Waals surface area contributed by atoms with E-state index in [0.717, 1.165) is 25.3 Å². The molecule has 92 valence electrons. The maximum atomic E-state index is 11.9. The van der Waals surface area contributed by atoms with Crippen LogP contribution in [-0.2, 0) is 4.79 Å². The summed E-state index contributed by atoms with van der Waals surface area (Å²) in [6, 6.07) is 9.72. The Labute approximate surface area is 102 Å². The quantitative estimate of drug-likeness (QED) is 0.841. The fraction of sp³-hybridized carbons (Fsp3) is 0.462. The summed E-state index contributed by atoms with van der Waals surface area (Å²) in [6.45, 7) is 1.98. The number of para-hydroxylation sites is 1. The molecule has 1 fully saturated rings. The predicted octanol–water partition coefficient (Wildman–Crippen LogP) is 0.886. The van der Waals surface area contributed by atoms with Crippen molar-refractivity contribution in [2.75, 3.05) is 26.7 Å². The Balaban J connectivity index is 1.80. The third kappa shape index (κ3) is 3.20. The summed E-state index contributed by atoms with van der Waals surface area (Å²) in [7, 11) is 1.84. The number of nitrogens with zero attached hydrogens (tertiary/aromatic N) is 1. The smallest absolute Gasteiger partial charge is 0.260 e. The zero-order valence-electron chi connectivity index (χ0n) is 10.1. The SMILES string of the molecule is CN(C(=O)COc1ccccc1)C1CCNC1. The van der Waals surface area contributed by atoms with Crippen molar-refractivity contribution < 1.29 is 9.53 Å².